The van der Waals surface area contributed by atoms with Gasteiger partial charge in [0.15, 0.2) is 5.78 Å². The summed E-state index contributed by atoms with van der Waals surface area (Å²) in [4.78, 5) is 22.5. The number of ketones is 1. The van der Waals surface area contributed by atoms with E-state index in [1.807, 2.05) is 24.3 Å². The lowest BCUT2D eigenvalue weighted by Crippen LogP contribution is -2.25. The highest BCUT2D eigenvalue weighted by atomic mass is 16.1. The Hall–Kier alpha value is -1.44. The molecule has 0 spiro atoms. The number of aldehydes is 1. The summed E-state index contributed by atoms with van der Waals surface area (Å²) >= 11 is 0. The van der Waals surface area contributed by atoms with E-state index in [1.54, 1.807) is 0 Å². The van der Waals surface area contributed by atoms with E-state index in [0.29, 0.717) is 12.3 Å². The highest BCUT2D eigenvalue weighted by Crippen LogP contribution is 2.33. The Morgan fingerprint density at radius 2 is 2.07 bits per heavy atom. The number of hydrogen-bond acceptors (Lipinski definition) is 2. The molecule has 0 aliphatic heterocycles. The number of hydrogen-bond donors (Lipinski definition) is 0. The van der Waals surface area contributed by atoms with Gasteiger partial charge in [0.1, 0.15) is 6.29 Å². The monoisotopic (exact) mass is 188 g/mol. The van der Waals surface area contributed by atoms with Crippen molar-refractivity contribution >= 4 is 12.1 Å². The fourth-order valence-electron chi connectivity index (χ4n) is 2.08. The second-order valence-electron chi connectivity index (χ2n) is 3.83. The molecule has 0 heterocycles. The van der Waals surface area contributed by atoms with Crippen LogP contribution in [0.4, 0.5) is 0 Å². The average molecular weight is 188 g/mol. The quantitative estimate of drug-likeness (QED) is 0.500. The summed E-state index contributed by atoms with van der Waals surface area (Å²) in [7, 11) is 0. The predicted molar refractivity (Wildman–Crippen MR) is 53.4 cm³/mol. The summed E-state index contributed by atoms with van der Waals surface area (Å²) in [6, 6.07) is 7.56. The van der Waals surface area contributed by atoms with Gasteiger partial charge in [-0.05, 0) is 17.9 Å². The lowest BCUT2D eigenvalue weighted by molar-refractivity contribution is -0.110. The van der Waals surface area contributed by atoms with E-state index in [1.165, 1.54) is 0 Å². The number of rotatable bonds is 1. The molecular weight excluding hydrogens is 176 g/mol. The van der Waals surface area contributed by atoms with Gasteiger partial charge in [0.05, 0.1) is 5.92 Å². The molecule has 14 heavy (non-hydrogen) atoms. The molecule has 2 unspecified atom stereocenters. The van der Waals surface area contributed by atoms with Crippen molar-refractivity contribution in [1.29, 1.82) is 0 Å². The van der Waals surface area contributed by atoms with E-state index in [4.69, 9.17) is 0 Å². The first-order valence-electron chi connectivity index (χ1n) is 4.82. The summed E-state index contributed by atoms with van der Waals surface area (Å²) in [5, 5.41) is 0. The van der Waals surface area contributed by atoms with Gasteiger partial charge in [-0.3, -0.25) is 4.79 Å². The Bertz CT molecular complexity index is 382. The molecule has 0 radical (unpaired) electrons. The van der Waals surface area contributed by atoms with Crippen molar-refractivity contribution in [3.63, 3.8) is 0 Å². The molecule has 0 amide bonds. The van der Waals surface area contributed by atoms with Crippen LogP contribution in [-0.4, -0.2) is 12.1 Å². The zero-order valence-electron chi connectivity index (χ0n) is 8.07. The second kappa shape index (κ2) is 3.37. The topological polar surface area (TPSA) is 34.1 Å². The first-order valence-corrected chi connectivity index (χ1v) is 4.82. The summed E-state index contributed by atoms with van der Waals surface area (Å²) in [5.74, 6) is -0.146. The first-order chi connectivity index (χ1) is 6.74. The molecular formula is C12H12O2. The number of fused-ring (bicyclic) bond motifs is 1. The van der Waals surface area contributed by atoms with Gasteiger partial charge >= 0.3 is 0 Å². The summed E-state index contributed by atoms with van der Waals surface area (Å²) in [5.41, 5.74) is 1.80. The van der Waals surface area contributed by atoms with Crippen LogP contribution >= 0.6 is 0 Å². The second-order valence-corrected chi connectivity index (χ2v) is 3.83. The van der Waals surface area contributed by atoms with Gasteiger partial charge in [0.25, 0.3) is 0 Å². The maximum absolute atomic E-state index is 11.8. The molecule has 1 aliphatic rings. The molecule has 2 heteroatoms. The summed E-state index contributed by atoms with van der Waals surface area (Å²) in [6.07, 6.45) is 1.42. The summed E-state index contributed by atoms with van der Waals surface area (Å²) in [6.45, 7) is 2.06. The van der Waals surface area contributed by atoms with Crippen LogP contribution in [-0.2, 0) is 4.79 Å². The van der Waals surface area contributed by atoms with Crippen molar-refractivity contribution in [2.75, 3.05) is 0 Å². The Labute approximate surface area is 82.9 Å². The molecule has 0 saturated heterocycles. The predicted octanol–water partition coefficient (Wildman–Crippen LogP) is 2.19. The average Bonchev–Trinajstić information content (AvgIpc) is 2.23. The van der Waals surface area contributed by atoms with Crippen molar-refractivity contribution in [3.8, 4) is 0 Å². The fourth-order valence-corrected chi connectivity index (χ4v) is 2.08. The van der Waals surface area contributed by atoms with E-state index in [0.717, 1.165) is 17.4 Å². The minimum absolute atomic E-state index is 0.0197. The molecule has 2 rings (SSSR count). The van der Waals surface area contributed by atoms with Crippen LogP contribution in [0.1, 0.15) is 35.2 Å². The van der Waals surface area contributed by atoms with Crippen LogP contribution < -0.4 is 0 Å². The van der Waals surface area contributed by atoms with Crippen molar-refractivity contribution in [3.05, 3.63) is 35.4 Å². The smallest absolute Gasteiger partial charge is 0.173 e. The number of Topliss-reactive ketones (excluding diaryl/α,β-unsaturated/α-hetero) is 1. The van der Waals surface area contributed by atoms with Crippen molar-refractivity contribution in [2.45, 2.75) is 19.3 Å². The zero-order chi connectivity index (χ0) is 10.1. The molecule has 1 aliphatic carbocycles. The molecule has 0 fully saturated rings. The van der Waals surface area contributed by atoms with Crippen molar-refractivity contribution in [1.82, 2.24) is 0 Å². The zero-order valence-corrected chi connectivity index (χ0v) is 8.07. The van der Waals surface area contributed by atoms with Crippen LogP contribution in [0.5, 0.6) is 0 Å². The molecule has 2 atom stereocenters. The van der Waals surface area contributed by atoms with E-state index < -0.39 is 5.92 Å². The van der Waals surface area contributed by atoms with Crippen molar-refractivity contribution < 1.29 is 9.59 Å². The third-order valence-electron chi connectivity index (χ3n) is 2.87. The SMILES string of the molecule is CC1CC(C=O)C(=O)c2ccccc21. The van der Waals surface area contributed by atoms with Gasteiger partial charge in [0.2, 0.25) is 0 Å². The number of carbonyl (C=O) groups excluding carboxylic acids is 2. The van der Waals surface area contributed by atoms with Gasteiger partial charge in [-0.2, -0.15) is 0 Å². The van der Waals surface area contributed by atoms with Gasteiger partial charge in [-0.25, -0.2) is 0 Å². The normalized spacial score (nSPS) is 25.6. The van der Waals surface area contributed by atoms with Gasteiger partial charge in [0, 0.05) is 5.56 Å². The highest BCUT2D eigenvalue weighted by molar-refractivity contribution is 6.07. The van der Waals surface area contributed by atoms with Gasteiger partial charge < -0.3 is 4.79 Å². The standard InChI is InChI=1S/C12H12O2/c1-8-6-9(7-13)12(14)11-5-3-2-4-10(8)11/h2-5,7-9H,6H2,1H3. The molecule has 1 aromatic rings. The maximum atomic E-state index is 11.8. The van der Waals surface area contributed by atoms with Crippen LogP contribution in [0.3, 0.4) is 0 Å². The molecule has 2 nitrogen and oxygen atoms in total. The molecule has 1 aromatic carbocycles. The molecule has 72 valence electrons. The third-order valence-corrected chi connectivity index (χ3v) is 2.87. The highest BCUT2D eigenvalue weighted by Gasteiger charge is 2.30. The van der Waals surface area contributed by atoms with Crippen LogP contribution in [0.25, 0.3) is 0 Å². The fraction of sp³-hybridized carbons (Fsp3) is 0.333. The minimum Gasteiger partial charge on any atom is -0.303 e. The minimum atomic E-state index is -0.431. The third kappa shape index (κ3) is 1.27. The molecule has 0 saturated carbocycles. The largest absolute Gasteiger partial charge is 0.303 e. The Morgan fingerprint density at radius 3 is 2.79 bits per heavy atom. The van der Waals surface area contributed by atoms with Gasteiger partial charge in [-0.1, -0.05) is 31.2 Å². The Balaban J connectivity index is 2.51. The van der Waals surface area contributed by atoms with Crippen molar-refractivity contribution in [2.24, 2.45) is 5.92 Å². The molecule has 0 aromatic heterocycles. The van der Waals surface area contributed by atoms with Crippen LogP contribution in [0.2, 0.25) is 0 Å². The van der Waals surface area contributed by atoms with E-state index in [-0.39, 0.29) is 5.78 Å². The lowest BCUT2D eigenvalue weighted by atomic mass is 9.77. The van der Waals surface area contributed by atoms with Gasteiger partial charge in [-0.15, -0.1) is 0 Å². The van der Waals surface area contributed by atoms with E-state index in [2.05, 4.69) is 6.92 Å². The number of benzene rings is 1. The van der Waals surface area contributed by atoms with Crippen LogP contribution in [0.15, 0.2) is 24.3 Å². The molecule has 0 bridgehead atoms. The maximum Gasteiger partial charge on any atom is 0.173 e. The Morgan fingerprint density at radius 1 is 1.36 bits per heavy atom. The summed E-state index contributed by atoms with van der Waals surface area (Å²) < 4.78 is 0. The lowest BCUT2D eigenvalue weighted by Gasteiger charge is -2.24. The Kier molecular flexibility index (Phi) is 2.20. The molecule has 0 N–H and O–H groups in total. The van der Waals surface area contributed by atoms with E-state index in [9.17, 15) is 9.59 Å². The first kappa shape index (κ1) is 9.13. The number of carbonyl (C=O) groups is 2. The van der Waals surface area contributed by atoms with Crippen LogP contribution in [0, 0.1) is 5.92 Å². The van der Waals surface area contributed by atoms with E-state index >= 15 is 0 Å².